The zero-order valence-electron chi connectivity index (χ0n) is 16.8. The molecule has 0 aromatic heterocycles. The van der Waals surface area contributed by atoms with Gasteiger partial charge in [0.25, 0.3) is 0 Å². The number of morpholine rings is 1. The molecule has 0 amide bonds. The minimum absolute atomic E-state index is 0. The molecule has 1 fully saturated rings. The lowest BCUT2D eigenvalue weighted by molar-refractivity contribution is -0.140. The van der Waals surface area contributed by atoms with E-state index in [1.165, 1.54) is 7.11 Å². The second-order valence-electron chi connectivity index (χ2n) is 6.84. The van der Waals surface area contributed by atoms with Gasteiger partial charge in [0.15, 0.2) is 5.96 Å². The van der Waals surface area contributed by atoms with Crippen molar-refractivity contribution in [2.24, 2.45) is 10.9 Å². The highest BCUT2D eigenvalue weighted by molar-refractivity contribution is 14.0. The summed E-state index contributed by atoms with van der Waals surface area (Å²) in [4.78, 5) is 17.9. The van der Waals surface area contributed by atoms with Crippen LogP contribution in [0.15, 0.2) is 4.99 Å². The van der Waals surface area contributed by atoms with Gasteiger partial charge in [-0.15, -0.1) is 24.0 Å². The normalized spacial score (nSPS) is 16.7. The molecule has 1 heterocycles. The number of carbonyl (C=O) groups excluding carboxylic acids is 1. The number of nitrogens with zero attached hydrogens (tertiary/aromatic N) is 2. The number of ether oxygens (including phenoxy) is 2. The van der Waals surface area contributed by atoms with Gasteiger partial charge in [0.05, 0.1) is 20.3 Å². The van der Waals surface area contributed by atoms with Gasteiger partial charge in [-0.05, 0) is 25.2 Å². The van der Waals surface area contributed by atoms with Crippen LogP contribution in [0.1, 0.15) is 39.5 Å². The Balaban J connectivity index is 0.00000625. The van der Waals surface area contributed by atoms with Crippen molar-refractivity contribution in [2.45, 2.75) is 45.6 Å². The first-order valence-corrected chi connectivity index (χ1v) is 9.40. The van der Waals surface area contributed by atoms with Gasteiger partial charge in [-0.3, -0.25) is 14.7 Å². The van der Waals surface area contributed by atoms with Crippen molar-refractivity contribution >= 4 is 35.9 Å². The van der Waals surface area contributed by atoms with Gasteiger partial charge in [0, 0.05) is 45.7 Å². The summed E-state index contributed by atoms with van der Waals surface area (Å²) in [7, 11) is 3.21. The Kier molecular flexibility index (Phi) is 15.1. The summed E-state index contributed by atoms with van der Waals surface area (Å²) >= 11 is 0. The smallest absolute Gasteiger partial charge is 0.305 e. The molecule has 1 rings (SSSR count). The maximum absolute atomic E-state index is 11.1. The minimum atomic E-state index is -0.149. The first kappa shape index (κ1) is 25.4. The van der Waals surface area contributed by atoms with Crippen molar-refractivity contribution in [3.8, 4) is 0 Å². The van der Waals surface area contributed by atoms with E-state index < -0.39 is 0 Å². The number of esters is 1. The number of nitrogens with one attached hydrogen (secondary N) is 2. The van der Waals surface area contributed by atoms with Crippen LogP contribution in [0.5, 0.6) is 0 Å². The predicted molar refractivity (Wildman–Crippen MR) is 116 cm³/mol. The van der Waals surface area contributed by atoms with Gasteiger partial charge in [-0.1, -0.05) is 13.8 Å². The molecule has 2 N–H and O–H groups in total. The number of hydrogen-bond donors (Lipinski definition) is 2. The average Bonchev–Trinajstić information content (AvgIpc) is 2.62. The van der Waals surface area contributed by atoms with Gasteiger partial charge < -0.3 is 20.1 Å². The molecule has 0 saturated carbocycles. The highest BCUT2D eigenvalue weighted by atomic mass is 127. The lowest BCUT2D eigenvalue weighted by Crippen LogP contribution is -2.51. The lowest BCUT2D eigenvalue weighted by Gasteiger charge is -2.35. The van der Waals surface area contributed by atoms with E-state index in [0.29, 0.717) is 18.4 Å². The van der Waals surface area contributed by atoms with Crippen molar-refractivity contribution < 1.29 is 14.3 Å². The second kappa shape index (κ2) is 15.4. The first-order valence-electron chi connectivity index (χ1n) is 9.40. The van der Waals surface area contributed by atoms with Gasteiger partial charge in [0.2, 0.25) is 0 Å². The number of methoxy groups -OCH3 is 1. The first-order chi connectivity index (χ1) is 12.1. The summed E-state index contributed by atoms with van der Waals surface area (Å²) in [6, 6.07) is 0.488. The number of carbonyl (C=O) groups is 1. The zero-order chi connectivity index (χ0) is 18.5. The Morgan fingerprint density at radius 3 is 2.50 bits per heavy atom. The van der Waals surface area contributed by atoms with Crippen LogP contribution in [-0.2, 0) is 14.3 Å². The lowest BCUT2D eigenvalue weighted by atomic mass is 10.0. The highest BCUT2D eigenvalue weighted by Gasteiger charge is 2.22. The third kappa shape index (κ3) is 11.2. The highest BCUT2D eigenvalue weighted by Crippen LogP contribution is 2.12. The summed E-state index contributed by atoms with van der Waals surface area (Å²) < 4.78 is 10.1. The summed E-state index contributed by atoms with van der Waals surface area (Å²) in [5.74, 6) is 1.33. The van der Waals surface area contributed by atoms with Crippen LogP contribution >= 0.6 is 24.0 Å². The minimum Gasteiger partial charge on any atom is -0.469 e. The molecular weight excluding hydrogens is 447 g/mol. The Labute approximate surface area is 175 Å². The number of hydrogen-bond acceptors (Lipinski definition) is 5. The van der Waals surface area contributed by atoms with Gasteiger partial charge >= 0.3 is 5.97 Å². The molecule has 7 nitrogen and oxygen atoms in total. The fourth-order valence-corrected chi connectivity index (χ4v) is 2.99. The van der Waals surface area contributed by atoms with E-state index in [1.807, 2.05) is 0 Å². The van der Waals surface area contributed by atoms with Crippen molar-refractivity contribution in [1.29, 1.82) is 0 Å². The fraction of sp³-hybridized carbons (Fsp3) is 0.889. The standard InChI is InChI=1S/C18H36N4O3.HI/c1-15(2)13-16(22-9-11-25-12-10-22)14-21-18(19-3)20-8-6-5-7-17(23)24-4;/h15-16H,5-14H2,1-4H3,(H2,19,20,21);1H. The van der Waals surface area contributed by atoms with E-state index in [4.69, 9.17) is 4.74 Å². The van der Waals surface area contributed by atoms with E-state index in [-0.39, 0.29) is 29.9 Å². The molecule has 8 heteroatoms. The van der Waals surface area contributed by atoms with E-state index in [2.05, 4.69) is 39.1 Å². The van der Waals surface area contributed by atoms with Gasteiger partial charge in [-0.2, -0.15) is 0 Å². The van der Waals surface area contributed by atoms with Crippen LogP contribution in [0.3, 0.4) is 0 Å². The van der Waals surface area contributed by atoms with Crippen LogP contribution in [0.4, 0.5) is 0 Å². The maximum atomic E-state index is 11.1. The third-order valence-electron chi connectivity index (χ3n) is 4.36. The fourth-order valence-electron chi connectivity index (χ4n) is 2.99. The van der Waals surface area contributed by atoms with Crippen molar-refractivity contribution in [3.05, 3.63) is 0 Å². The third-order valence-corrected chi connectivity index (χ3v) is 4.36. The SMILES string of the molecule is CN=C(NCCCCC(=O)OC)NCC(CC(C)C)N1CCOCC1.I. The zero-order valence-corrected chi connectivity index (χ0v) is 19.1. The quantitative estimate of drug-likeness (QED) is 0.162. The topological polar surface area (TPSA) is 75.2 Å². The van der Waals surface area contributed by atoms with Gasteiger partial charge in [0.1, 0.15) is 0 Å². The monoisotopic (exact) mass is 484 g/mol. The molecule has 1 unspecified atom stereocenters. The second-order valence-corrected chi connectivity index (χ2v) is 6.84. The molecule has 1 atom stereocenters. The number of aliphatic imine (C=N–C) groups is 1. The molecular formula is C18H37IN4O3. The van der Waals surface area contributed by atoms with Crippen LogP contribution in [0, 0.1) is 5.92 Å². The van der Waals surface area contributed by atoms with E-state index in [1.54, 1.807) is 7.05 Å². The van der Waals surface area contributed by atoms with Crippen LogP contribution in [0.2, 0.25) is 0 Å². The predicted octanol–water partition coefficient (Wildman–Crippen LogP) is 1.86. The Morgan fingerprint density at radius 2 is 1.92 bits per heavy atom. The molecule has 26 heavy (non-hydrogen) atoms. The molecule has 0 bridgehead atoms. The van der Waals surface area contributed by atoms with Crippen LogP contribution < -0.4 is 10.6 Å². The molecule has 0 aromatic rings. The Morgan fingerprint density at radius 1 is 1.23 bits per heavy atom. The number of unbranched alkanes of at least 4 members (excludes halogenated alkanes) is 1. The van der Waals surface area contributed by atoms with E-state index >= 15 is 0 Å². The van der Waals surface area contributed by atoms with Crippen LogP contribution in [-0.4, -0.2) is 76.4 Å². The summed E-state index contributed by atoms with van der Waals surface area (Å²) in [5, 5.41) is 6.76. The van der Waals surface area contributed by atoms with E-state index in [0.717, 1.165) is 64.6 Å². The molecule has 1 aliphatic heterocycles. The summed E-state index contributed by atoms with van der Waals surface area (Å²) in [6.45, 7) is 9.84. The summed E-state index contributed by atoms with van der Waals surface area (Å²) in [6.07, 6.45) is 3.36. The molecule has 1 aliphatic rings. The summed E-state index contributed by atoms with van der Waals surface area (Å²) in [5.41, 5.74) is 0. The molecule has 0 aliphatic carbocycles. The van der Waals surface area contributed by atoms with E-state index in [9.17, 15) is 4.79 Å². The Hall–Kier alpha value is -0.610. The molecule has 154 valence electrons. The number of rotatable bonds is 10. The number of guanidine groups is 1. The van der Waals surface area contributed by atoms with Crippen molar-refractivity contribution in [2.75, 3.05) is 53.6 Å². The molecule has 0 aromatic carbocycles. The molecule has 0 radical (unpaired) electrons. The van der Waals surface area contributed by atoms with Crippen molar-refractivity contribution in [1.82, 2.24) is 15.5 Å². The Bertz CT molecular complexity index is 402. The van der Waals surface area contributed by atoms with Gasteiger partial charge in [-0.25, -0.2) is 0 Å². The largest absolute Gasteiger partial charge is 0.469 e. The molecule has 1 saturated heterocycles. The maximum Gasteiger partial charge on any atom is 0.305 e. The van der Waals surface area contributed by atoms with Crippen molar-refractivity contribution in [3.63, 3.8) is 0 Å². The van der Waals surface area contributed by atoms with Crippen LogP contribution in [0.25, 0.3) is 0 Å². The molecule has 0 spiro atoms. The number of halogens is 1. The average molecular weight is 484 g/mol.